The first-order valence-corrected chi connectivity index (χ1v) is 5.78. The fourth-order valence-electron chi connectivity index (χ4n) is 2.16. The molecule has 0 aromatic rings. The summed E-state index contributed by atoms with van der Waals surface area (Å²) in [5, 5.41) is 0. The van der Waals surface area contributed by atoms with Crippen molar-refractivity contribution in [2.24, 2.45) is 17.3 Å². The van der Waals surface area contributed by atoms with E-state index in [2.05, 4.69) is 53.7 Å². The molecule has 0 aliphatic carbocycles. The number of rotatable bonds is 0. The molecule has 1 heterocycles. The number of nitrogens with zero attached hydrogens (tertiary/aromatic N) is 1. The number of hydrogen-bond donors (Lipinski definition) is 0. The summed E-state index contributed by atoms with van der Waals surface area (Å²) in [6.07, 6.45) is 1.37. The third-order valence-corrected chi connectivity index (χ3v) is 3.90. The molecule has 1 aliphatic rings. The van der Waals surface area contributed by atoms with Crippen molar-refractivity contribution in [3.8, 4) is 0 Å². The van der Waals surface area contributed by atoms with E-state index in [4.69, 9.17) is 0 Å². The lowest BCUT2D eigenvalue weighted by Gasteiger charge is -2.41. The van der Waals surface area contributed by atoms with Crippen molar-refractivity contribution in [2.45, 2.75) is 34.1 Å². The Labute approximate surface area is 90.4 Å². The molecule has 0 amide bonds. The third-order valence-electron chi connectivity index (χ3n) is 3.02. The van der Waals surface area contributed by atoms with Gasteiger partial charge in [0.1, 0.15) is 0 Å². The fourth-order valence-corrected chi connectivity index (χ4v) is 2.86. The number of hydrogen-bond acceptors (Lipinski definition) is 1. The molecule has 1 nitrogen and oxygen atoms in total. The van der Waals surface area contributed by atoms with Crippen molar-refractivity contribution in [1.29, 1.82) is 0 Å². The Hall–Kier alpha value is 0.690. The SMILES string of the molecule is CC1CCN(I)CC1C(C)(C)C. The maximum absolute atomic E-state index is 2.46. The van der Waals surface area contributed by atoms with E-state index in [9.17, 15) is 0 Å². The van der Waals surface area contributed by atoms with Gasteiger partial charge in [0.25, 0.3) is 0 Å². The molecule has 1 fully saturated rings. The van der Waals surface area contributed by atoms with Crippen molar-refractivity contribution < 1.29 is 0 Å². The molecule has 1 saturated heterocycles. The van der Waals surface area contributed by atoms with Crippen molar-refractivity contribution >= 4 is 22.9 Å². The highest BCUT2D eigenvalue weighted by Gasteiger charge is 2.33. The van der Waals surface area contributed by atoms with Crippen LogP contribution in [0.3, 0.4) is 0 Å². The van der Waals surface area contributed by atoms with Crippen LogP contribution in [0.15, 0.2) is 0 Å². The summed E-state index contributed by atoms with van der Waals surface area (Å²) in [6, 6.07) is 0. The van der Waals surface area contributed by atoms with Gasteiger partial charge in [-0.25, -0.2) is 3.11 Å². The zero-order chi connectivity index (χ0) is 9.35. The van der Waals surface area contributed by atoms with Crippen molar-refractivity contribution in [1.82, 2.24) is 3.11 Å². The van der Waals surface area contributed by atoms with Crippen molar-refractivity contribution in [2.75, 3.05) is 13.1 Å². The molecule has 0 N–H and O–H groups in total. The zero-order valence-electron chi connectivity index (χ0n) is 8.60. The predicted octanol–water partition coefficient (Wildman–Crippen LogP) is 3.34. The van der Waals surface area contributed by atoms with E-state index in [1.807, 2.05) is 0 Å². The van der Waals surface area contributed by atoms with Gasteiger partial charge in [0.15, 0.2) is 0 Å². The molecule has 2 unspecified atom stereocenters. The average molecular weight is 281 g/mol. The lowest BCUT2D eigenvalue weighted by atomic mass is 9.71. The molecule has 2 heteroatoms. The summed E-state index contributed by atoms with van der Waals surface area (Å²) >= 11 is 2.46. The molecule has 72 valence electrons. The van der Waals surface area contributed by atoms with Crippen LogP contribution in [0.5, 0.6) is 0 Å². The fraction of sp³-hybridized carbons (Fsp3) is 1.00. The van der Waals surface area contributed by atoms with Gasteiger partial charge in [0.2, 0.25) is 0 Å². The van der Waals surface area contributed by atoms with Crippen LogP contribution in [0.4, 0.5) is 0 Å². The van der Waals surface area contributed by atoms with Gasteiger partial charge in [-0.15, -0.1) is 0 Å². The second-order valence-corrected chi connectivity index (χ2v) is 6.47. The predicted molar refractivity (Wildman–Crippen MR) is 62.3 cm³/mol. The molecule has 0 radical (unpaired) electrons. The molecule has 2 atom stereocenters. The van der Waals surface area contributed by atoms with Crippen molar-refractivity contribution in [3.63, 3.8) is 0 Å². The maximum atomic E-state index is 2.46. The topological polar surface area (TPSA) is 3.24 Å². The van der Waals surface area contributed by atoms with Crippen LogP contribution in [-0.4, -0.2) is 16.2 Å². The first-order chi connectivity index (χ1) is 5.41. The van der Waals surface area contributed by atoms with Crippen LogP contribution < -0.4 is 0 Å². The van der Waals surface area contributed by atoms with Crippen LogP contribution in [-0.2, 0) is 0 Å². The van der Waals surface area contributed by atoms with Crippen LogP contribution >= 0.6 is 22.9 Å². The van der Waals surface area contributed by atoms with Gasteiger partial charge in [0.05, 0.1) is 0 Å². The van der Waals surface area contributed by atoms with E-state index in [0.29, 0.717) is 5.41 Å². The second kappa shape index (κ2) is 3.82. The Morgan fingerprint density at radius 1 is 1.33 bits per heavy atom. The van der Waals surface area contributed by atoms with E-state index < -0.39 is 0 Å². The molecular formula is C10H20IN. The van der Waals surface area contributed by atoms with E-state index in [-0.39, 0.29) is 0 Å². The second-order valence-electron chi connectivity index (χ2n) is 5.11. The third kappa shape index (κ3) is 2.59. The van der Waals surface area contributed by atoms with Gasteiger partial charge < -0.3 is 0 Å². The molecule has 0 saturated carbocycles. The van der Waals surface area contributed by atoms with E-state index in [1.165, 1.54) is 19.5 Å². The Bertz CT molecular complexity index is 150. The lowest BCUT2D eigenvalue weighted by molar-refractivity contribution is 0.105. The molecular weight excluding hydrogens is 261 g/mol. The van der Waals surface area contributed by atoms with Gasteiger partial charge >= 0.3 is 0 Å². The molecule has 12 heavy (non-hydrogen) atoms. The summed E-state index contributed by atoms with van der Waals surface area (Å²) in [5.41, 5.74) is 0.475. The molecule has 0 aromatic heterocycles. The highest BCUT2D eigenvalue weighted by molar-refractivity contribution is 14.1. The molecule has 0 aromatic carbocycles. The largest absolute Gasteiger partial charge is 0.247 e. The number of piperidine rings is 1. The maximum Gasteiger partial charge on any atom is 0.0201 e. The summed E-state index contributed by atoms with van der Waals surface area (Å²) in [4.78, 5) is 0. The minimum Gasteiger partial charge on any atom is -0.247 e. The summed E-state index contributed by atoms with van der Waals surface area (Å²) in [7, 11) is 0. The molecule has 0 bridgehead atoms. The molecule has 0 spiro atoms. The Morgan fingerprint density at radius 3 is 2.33 bits per heavy atom. The standard InChI is InChI=1S/C10H20IN/c1-8-5-6-12(11)7-9(8)10(2,3)4/h8-9H,5-7H2,1-4H3. The molecule has 1 aliphatic heterocycles. The average Bonchev–Trinajstić information content (AvgIpc) is 1.92. The van der Waals surface area contributed by atoms with E-state index >= 15 is 0 Å². The van der Waals surface area contributed by atoms with Gasteiger partial charge in [-0.3, -0.25) is 0 Å². The zero-order valence-corrected chi connectivity index (χ0v) is 10.8. The highest BCUT2D eigenvalue weighted by Crippen LogP contribution is 2.37. The normalized spacial score (nSPS) is 33.8. The van der Waals surface area contributed by atoms with Gasteiger partial charge in [0, 0.05) is 36.0 Å². The van der Waals surface area contributed by atoms with Crippen molar-refractivity contribution in [3.05, 3.63) is 0 Å². The first-order valence-electron chi connectivity index (χ1n) is 4.82. The van der Waals surface area contributed by atoms with Crippen LogP contribution in [0, 0.1) is 17.3 Å². The highest BCUT2D eigenvalue weighted by atomic mass is 127. The van der Waals surface area contributed by atoms with Crippen LogP contribution in [0.25, 0.3) is 0 Å². The van der Waals surface area contributed by atoms with E-state index in [1.54, 1.807) is 0 Å². The van der Waals surface area contributed by atoms with Gasteiger partial charge in [-0.1, -0.05) is 27.7 Å². The van der Waals surface area contributed by atoms with Crippen LogP contribution in [0.2, 0.25) is 0 Å². The summed E-state index contributed by atoms with van der Waals surface area (Å²) in [5.74, 6) is 1.76. The quantitative estimate of drug-likeness (QED) is 0.486. The monoisotopic (exact) mass is 281 g/mol. The smallest absolute Gasteiger partial charge is 0.0201 e. The van der Waals surface area contributed by atoms with Crippen LogP contribution in [0.1, 0.15) is 34.1 Å². The summed E-state index contributed by atoms with van der Waals surface area (Å²) < 4.78 is 2.44. The summed E-state index contributed by atoms with van der Waals surface area (Å²) in [6.45, 7) is 12.0. The van der Waals surface area contributed by atoms with E-state index in [0.717, 1.165) is 11.8 Å². The minimum atomic E-state index is 0.475. The first kappa shape index (κ1) is 10.8. The van der Waals surface area contributed by atoms with Gasteiger partial charge in [-0.05, 0) is 23.7 Å². The Balaban J connectivity index is 2.61. The number of halogens is 1. The van der Waals surface area contributed by atoms with Gasteiger partial charge in [-0.2, -0.15) is 0 Å². The Morgan fingerprint density at radius 2 is 1.92 bits per heavy atom. The minimum absolute atomic E-state index is 0.475. The Kier molecular flexibility index (Phi) is 3.43. The lowest BCUT2D eigenvalue weighted by Crippen LogP contribution is -2.40. The molecule has 1 rings (SSSR count).